The van der Waals surface area contributed by atoms with E-state index in [1.54, 1.807) is 25.1 Å². The van der Waals surface area contributed by atoms with Crippen LogP contribution in [0.25, 0.3) is 0 Å². The third kappa shape index (κ3) is 4.99. The van der Waals surface area contributed by atoms with Crippen molar-refractivity contribution in [2.75, 3.05) is 5.32 Å². The van der Waals surface area contributed by atoms with Crippen LogP contribution in [0.1, 0.15) is 19.4 Å². The van der Waals surface area contributed by atoms with Crippen molar-refractivity contribution in [3.63, 3.8) is 0 Å². The maximum absolute atomic E-state index is 12.3. The quantitative estimate of drug-likeness (QED) is 0.589. The second-order valence-electron chi connectivity index (χ2n) is 4.98. The van der Waals surface area contributed by atoms with Crippen LogP contribution in [-0.4, -0.2) is 12.0 Å². The SMILES string of the molecule is CCc1cc(I)ccc1NC(=O)[C@@H](C)Oc1ccc(Cl)cc1Cl. The van der Waals surface area contributed by atoms with Crippen LogP contribution in [-0.2, 0) is 11.2 Å². The summed E-state index contributed by atoms with van der Waals surface area (Å²) < 4.78 is 6.76. The van der Waals surface area contributed by atoms with E-state index in [0.29, 0.717) is 15.8 Å². The van der Waals surface area contributed by atoms with Gasteiger partial charge in [0, 0.05) is 14.3 Å². The van der Waals surface area contributed by atoms with Crippen molar-refractivity contribution < 1.29 is 9.53 Å². The van der Waals surface area contributed by atoms with Gasteiger partial charge >= 0.3 is 0 Å². The van der Waals surface area contributed by atoms with E-state index in [1.165, 1.54) is 0 Å². The summed E-state index contributed by atoms with van der Waals surface area (Å²) in [6.07, 6.45) is 0.155. The van der Waals surface area contributed by atoms with E-state index in [0.717, 1.165) is 21.2 Å². The number of carbonyl (C=O) groups is 1. The topological polar surface area (TPSA) is 38.3 Å². The maximum atomic E-state index is 12.3. The van der Waals surface area contributed by atoms with Crippen LogP contribution < -0.4 is 10.1 Å². The lowest BCUT2D eigenvalue weighted by molar-refractivity contribution is -0.122. The number of carbonyl (C=O) groups excluding carboxylic acids is 1. The number of halogens is 3. The molecule has 0 radical (unpaired) electrons. The van der Waals surface area contributed by atoms with Crippen LogP contribution in [0.5, 0.6) is 5.75 Å². The number of ether oxygens (including phenoxy) is 1. The molecule has 0 aliphatic heterocycles. The molecule has 6 heteroatoms. The molecule has 0 unspecified atom stereocenters. The smallest absolute Gasteiger partial charge is 0.265 e. The Bertz CT molecular complexity index is 722. The Hall–Kier alpha value is -0.980. The highest BCUT2D eigenvalue weighted by molar-refractivity contribution is 14.1. The fourth-order valence-corrected chi connectivity index (χ4v) is 3.03. The molecule has 2 rings (SSSR count). The van der Waals surface area contributed by atoms with Gasteiger partial charge in [-0.1, -0.05) is 30.1 Å². The Kier molecular flexibility index (Phi) is 6.56. The molecule has 23 heavy (non-hydrogen) atoms. The monoisotopic (exact) mass is 463 g/mol. The number of anilines is 1. The summed E-state index contributed by atoms with van der Waals surface area (Å²) >= 11 is 14.2. The van der Waals surface area contributed by atoms with Gasteiger partial charge in [-0.25, -0.2) is 0 Å². The van der Waals surface area contributed by atoms with Gasteiger partial charge in [0.25, 0.3) is 5.91 Å². The Morgan fingerprint density at radius 2 is 2.00 bits per heavy atom. The number of hydrogen-bond acceptors (Lipinski definition) is 2. The fourth-order valence-electron chi connectivity index (χ4n) is 2.03. The Labute approximate surface area is 159 Å². The van der Waals surface area contributed by atoms with Crippen LogP contribution in [0.3, 0.4) is 0 Å². The van der Waals surface area contributed by atoms with E-state index in [4.69, 9.17) is 27.9 Å². The minimum Gasteiger partial charge on any atom is -0.479 e. The van der Waals surface area contributed by atoms with Crippen LogP contribution in [0.15, 0.2) is 36.4 Å². The van der Waals surface area contributed by atoms with Crippen molar-refractivity contribution in [3.05, 3.63) is 55.6 Å². The first-order chi connectivity index (χ1) is 10.9. The maximum Gasteiger partial charge on any atom is 0.265 e. The molecule has 0 spiro atoms. The van der Waals surface area contributed by atoms with Crippen molar-refractivity contribution in [1.82, 2.24) is 0 Å². The molecular formula is C17H16Cl2INO2. The predicted molar refractivity (Wildman–Crippen MR) is 104 cm³/mol. The summed E-state index contributed by atoms with van der Waals surface area (Å²) in [6.45, 7) is 3.73. The molecule has 1 amide bonds. The molecule has 0 saturated carbocycles. The van der Waals surface area contributed by atoms with Crippen molar-refractivity contribution in [2.24, 2.45) is 0 Å². The lowest BCUT2D eigenvalue weighted by Gasteiger charge is -2.17. The van der Waals surface area contributed by atoms with Gasteiger partial charge in [-0.05, 0) is 77.9 Å². The lowest BCUT2D eigenvalue weighted by Crippen LogP contribution is -2.30. The van der Waals surface area contributed by atoms with E-state index in [9.17, 15) is 4.79 Å². The number of benzene rings is 2. The van der Waals surface area contributed by atoms with Crippen LogP contribution in [0, 0.1) is 3.57 Å². The highest BCUT2D eigenvalue weighted by Crippen LogP contribution is 2.28. The first-order valence-corrected chi connectivity index (χ1v) is 8.95. The van der Waals surface area contributed by atoms with Crippen molar-refractivity contribution in [3.8, 4) is 5.75 Å². The molecule has 122 valence electrons. The molecule has 2 aromatic carbocycles. The van der Waals surface area contributed by atoms with Gasteiger partial charge in [0.15, 0.2) is 6.10 Å². The fraction of sp³-hybridized carbons (Fsp3) is 0.235. The largest absolute Gasteiger partial charge is 0.479 e. The minimum absolute atomic E-state index is 0.230. The van der Waals surface area contributed by atoms with Gasteiger partial charge in [-0.3, -0.25) is 4.79 Å². The zero-order valence-corrected chi connectivity index (χ0v) is 16.4. The van der Waals surface area contributed by atoms with Crippen molar-refractivity contribution >= 4 is 57.4 Å². The van der Waals surface area contributed by atoms with Crippen LogP contribution in [0.2, 0.25) is 10.0 Å². The van der Waals surface area contributed by atoms with E-state index in [-0.39, 0.29) is 5.91 Å². The van der Waals surface area contributed by atoms with Gasteiger partial charge in [-0.15, -0.1) is 0 Å². The number of hydrogen-bond donors (Lipinski definition) is 1. The molecule has 3 nitrogen and oxygen atoms in total. The third-order valence-electron chi connectivity index (χ3n) is 3.27. The summed E-state index contributed by atoms with van der Waals surface area (Å²) in [5, 5.41) is 3.80. The molecule has 2 aromatic rings. The van der Waals surface area contributed by atoms with Crippen LogP contribution in [0.4, 0.5) is 5.69 Å². The Morgan fingerprint density at radius 3 is 2.65 bits per heavy atom. The highest BCUT2D eigenvalue weighted by atomic mass is 127. The number of nitrogens with one attached hydrogen (secondary N) is 1. The van der Waals surface area contributed by atoms with E-state index >= 15 is 0 Å². The normalized spacial score (nSPS) is 11.9. The molecule has 0 saturated heterocycles. The average Bonchev–Trinajstić information content (AvgIpc) is 2.51. The number of rotatable bonds is 5. The van der Waals surface area contributed by atoms with Gasteiger partial charge in [-0.2, -0.15) is 0 Å². The summed E-state index contributed by atoms with van der Waals surface area (Å²) in [5.74, 6) is 0.198. The van der Waals surface area contributed by atoms with Crippen LogP contribution >= 0.6 is 45.8 Å². The summed E-state index contributed by atoms with van der Waals surface area (Å²) in [5.41, 5.74) is 1.89. The minimum atomic E-state index is -0.683. The molecule has 1 N–H and O–H groups in total. The lowest BCUT2D eigenvalue weighted by atomic mass is 10.1. The van der Waals surface area contributed by atoms with E-state index in [1.807, 2.05) is 12.1 Å². The molecule has 0 heterocycles. The molecule has 0 fully saturated rings. The van der Waals surface area contributed by atoms with E-state index < -0.39 is 6.10 Å². The zero-order chi connectivity index (χ0) is 17.0. The average molecular weight is 464 g/mol. The Balaban J connectivity index is 2.08. The molecule has 0 aliphatic carbocycles. The standard InChI is InChI=1S/C17H16Cl2INO2/c1-3-11-8-13(20)5-6-15(11)21-17(22)10(2)23-16-7-4-12(18)9-14(16)19/h4-10H,3H2,1-2H3,(H,21,22)/t10-/m1/s1. The van der Waals surface area contributed by atoms with E-state index in [2.05, 4.69) is 40.9 Å². The number of amides is 1. The second-order valence-corrected chi connectivity index (χ2v) is 7.07. The van der Waals surface area contributed by atoms with Gasteiger partial charge in [0.2, 0.25) is 0 Å². The number of aryl methyl sites for hydroxylation is 1. The van der Waals surface area contributed by atoms with Crippen molar-refractivity contribution in [1.29, 1.82) is 0 Å². The third-order valence-corrected chi connectivity index (χ3v) is 4.47. The molecule has 0 aliphatic rings. The summed E-state index contributed by atoms with van der Waals surface area (Å²) in [6, 6.07) is 10.8. The molecule has 1 atom stereocenters. The van der Waals surface area contributed by atoms with Gasteiger partial charge in [0.1, 0.15) is 5.75 Å². The first-order valence-electron chi connectivity index (χ1n) is 7.11. The Morgan fingerprint density at radius 1 is 1.26 bits per heavy atom. The first kappa shape index (κ1) is 18.4. The zero-order valence-electron chi connectivity index (χ0n) is 12.7. The summed E-state index contributed by atoms with van der Waals surface area (Å²) in [4.78, 5) is 12.3. The van der Waals surface area contributed by atoms with Gasteiger partial charge < -0.3 is 10.1 Å². The highest BCUT2D eigenvalue weighted by Gasteiger charge is 2.17. The van der Waals surface area contributed by atoms with Gasteiger partial charge in [0.05, 0.1) is 5.02 Å². The summed E-state index contributed by atoms with van der Waals surface area (Å²) in [7, 11) is 0. The molecular weight excluding hydrogens is 448 g/mol. The van der Waals surface area contributed by atoms with Crippen molar-refractivity contribution in [2.45, 2.75) is 26.4 Å². The molecule has 0 bridgehead atoms. The molecule has 0 aromatic heterocycles. The predicted octanol–water partition coefficient (Wildman–Crippen LogP) is 5.57. The second kappa shape index (κ2) is 8.22.